The summed E-state index contributed by atoms with van der Waals surface area (Å²) in [7, 11) is 0. The van der Waals surface area contributed by atoms with Crippen molar-refractivity contribution in [2.75, 3.05) is 0 Å². The molecule has 1 unspecified atom stereocenters. The Bertz CT molecular complexity index is 566. The van der Waals surface area contributed by atoms with Crippen LogP contribution in [0.3, 0.4) is 0 Å². The van der Waals surface area contributed by atoms with Gasteiger partial charge in [0.05, 0.1) is 16.4 Å². The highest BCUT2D eigenvalue weighted by molar-refractivity contribution is 9.10. The minimum absolute atomic E-state index is 0.499. The van der Waals surface area contributed by atoms with E-state index in [9.17, 15) is 5.11 Å². The summed E-state index contributed by atoms with van der Waals surface area (Å²) in [4.78, 5) is 0. The van der Waals surface area contributed by atoms with Gasteiger partial charge in [-0.05, 0) is 46.1 Å². The number of aliphatic hydroxyl groups is 1. The summed E-state index contributed by atoms with van der Waals surface area (Å²) in [6, 6.07) is 5.04. The van der Waals surface area contributed by atoms with Crippen molar-refractivity contribution in [3.8, 4) is 0 Å². The Morgan fingerprint density at radius 1 is 1.32 bits per heavy atom. The van der Waals surface area contributed by atoms with E-state index in [1.807, 2.05) is 0 Å². The van der Waals surface area contributed by atoms with Crippen molar-refractivity contribution >= 4 is 39.1 Å². The topological polar surface area (TPSA) is 38.0 Å². The Morgan fingerprint density at radius 2 is 1.95 bits per heavy atom. The standard InChI is InChI=1S/C13H13BrCl2N2O/c1-2-3-18-12(11(14)7-17-18)13(19)8-4-9(15)6-10(16)5-8/h4-7,13,19H,2-3H2,1H3. The highest BCUT2D eigenvalue weighted by atomic mass is 79.9. The first-order chi connectivity index (χ1) is 9.02. The molecule has 0 aliphatic heterocycles. The third kappa shape index (κ3) is 3.31. The average Bonchev–Trinajstić information content (AvgIpc) is 2.69. The van der Waals surface area contributed by atoms with E-state index in [2.05, 4.69) is 28.0 Å². The average molecular weight is 364 g/mol. The highest BCUT2D eigenvalue weighted by Gasteiger charge is 2.20. The first kappa shape index (κ1) is 14.9. The zero-order chi connectivity index (χ0) is 14.0. The van der Waals surface area contributed by atoms with Crippen molar-refractivity contribution in [1.82, 2.24) is 9.78 Å². The lowest BCUT2D eigenvalue weighted by molar-refractivity contribution is 0.206. The minimum Gasteiger partial charge on any atom is -0.382 e. The molecule has 1 aromatic carbocycles. The number of hydrogen-bond donors (Lipinski definition) is 1. The number of hydrogen-bond acceptors (Lipinski definition) is 2. The maximum absolute atomic E-state index is 10.5. The molecular weight excluding hydrogens is 351 g/mol. The van der Waals surface area contributed by atoms with E-state index in [1.165, 1.54) is 0 Å². The molecule has 0 amide bonds. The number of rotatable bonds is 4. The fraction of sp³-hybridized carbons (Fsp3) is 0.308. The number of nitrogens with zero attached hydrogens (tertiary/aromatic N) is 2. The second-order valence-electron chi connectivity index (χ2n) is 4.21. The van der Waals surface area contributed by atoms with Gasteiger partial charge in [-0.3, -0.25) is 4.68 Å². The molecule has 0 fully saturated rings. The molecule has 102 valence electrons. The molecule has 6 heteroatoms. The third-order valence-electron chi connectivity index (χ3n) is 2.73. The Morgan fingerprint density at radius 3 is 2.53 bits per heavy atom. The number of aromatic nitrogens is 2. The molecule has 0 spiro atoms. The van der Waals surface area contributed by atoms with Crippen LogP contribution in [0.5, 0.6) is 0 Å². The van der Waals surface area contributed by atoms with Crippen molar-refractivity contribution in [1.29, 1.82) is 0 Å². The van der Waals surface area contributed by atoms with Gasteiger partial charge in [-0.1, -0.05) is 30.1 Å². The number of aryl methyl sites for hydroxylation is 1. The fourth-order valence-corrected chi connectivity index (χ4v) is 2.98. The smallest absolute Gasteiger partial charge is 0.122 e. The predicted octanol–water partition coefficient (Wildman–Crippen LogP) is 4.44. The molecule has 19 heavy (non-hydrogen) atoms. The molecule has 0 saturated carbocycles. The summed E-state index contributed by atoms with van der Waals surface area (Å²) >= 11 is 15.3. The van der Waals surface area contributed by atoms with E-state index in [1.54, 1.807) is 29.1 Å². The Kier molecular flexibility index (Phi) is 4.90. The van der Waals surface area contributed by atoms with Gasteiger partial charge in [0.1, 0.15) is 6.10 Å². The van der Waals surface area contributed by atoms with Crippen LogP contribution in [0, 0.1) is 0 Å². The van der Waals surface area contributed by atoms with Gasteiger partial charge in [0, 0.05) is 16.6 Å². The van der Waals surface area contributed by atoms with Crippen LogP contribution in [0.4, 0.5) is 0 Å². The van der Waals surface area contributed by atoms with Crippen LogP contribution in [-0.4, -0.2) is 14.9 Å². The van der Waals surface area contributed by atoms with Crippen LogP contribution < -0.4 is 0 Å². The zero-order valence-electron chi connectivity index (χ0n) is 10.3. The summed E-state index contributed by atoms with van der Waals surface area (Å²) in [5, 5.41) is 15.7. The molecule has 2 aromatic rings. The first-order valence-electron chi connectivity index (χ1n) is 5.88. The minimum atomic E-state index is -0.820. The van der Waals surface area contributed by atoms with Gasteiger partial charge >= 0.3 is 0 Å². The second-order valence-corrected chi connectivity index (χ2v) is 5.93. The summed E-state index contributed by atoms with van der Waals surface area (Å²) in [5.74, 6) is 0. The second kappa shape index (κ2) is 6.27. The lowest BCUT2D eigenvalue weighted by atomic mass is 10.1. The Labute approximate surface area is 130 Å². The molecule has 0 aliphatic rings. The lowest BCUT2D eigenvalue weighted by Gasteiger charge is -2.15. The zero-order valence-corrected chi connectivity index (χ0v) is 13.4. The van der Waals surface area contributed by atoms with Crippen molar-refractivity contribution in [2.24, 2.45) is 0 Å². The molecule has 1 heterocycles. The van der Waals surface area contributed by atoms with Crippen LogP contribution in [-0.2, 0) is 6.54 Å². The molecule has 0 radical (unpaired) electrons. The molecule has 1 aromatic heterocycles. The van der Waals surface area contributed by atoms with Gasteiger partial charge < -0.3 is 5.11 Å². The first-order valence-corrected chi connectivity index (χ1v) is 7.43. The Balaban J connectivity index is 2.43. The molecule has 2 rings (SSSR count). The van der Waals surface area contributed by atoms with Gasteiger partial charge in [-0.15, -0.1) is 0 Å². The summed E-state index contributed by atoms with van der Waals surface area (Å²) in [5.41, 5.74) is 1.36. The van der Waals surface area contributed by atoms with E-state index in [4.69, 9.17) is 23.2 Å². The van der Waals surface area contributed by atoms with Crippen LogP contribution in [0.15, 0.2) is 28.9 Å². The molecule has 0 aliphatic carbocycles. The van der Waals surface area contributed by atoms with E-state index in [-0.39, 0.29) is 0 Å². The summed E-state index contributed by atoms with van der Waals surface area (Å²) in [6.45, 7) is 2.80. The molecule has 3 nitrogen and oxygen atoms in total. The van der Waals surface area contributed by atoms with Crippen molar-refractivity contribution < 1.29 is 5.11 Å². The summed E-state index contributed by atoms with van der Waals surface area (Å²) < 4.78 is 2.55. The molecular formula is C13H13BrCl2N2O. The monoisotopic (exact) mass is 362 g/mol. The highest BCUT2D eigenvalue weighted by Crippen LogP contribution is 2.31. The Hall–Kier alpha value is -0.550. The lowest BCUT2D eigenvalue weighted by Crippen LogP contribution is -2.10. The van der Waals surface area contributed by atoms with Crippen LogP contribution in [0.1, 0.15) is 30.7 Å². The van der Waals surface area contributed by atoms with E-state index in [0.29, 0.717) is 21.3 Å². The molecule has 1 atom stereocenters. The van der Waals surface area contributed by atoms with Crippen LogP contribution in [0.25, 0.3) is 0 Å². The number of benzene rings is 1. The SMILES string of the molecule is CCCn1ncc(Br)c1C(O)c1cc(Cl)cc(Cl)c1. The van der Waals surface area contributed by atoms with Gasteiger partial charge in [-0.25, -0.2) is 0 Å². The third-order valence-corrected chi connectivity index (χ3v) is 3.78. The normalized spacial score (nSPS) is 12.7. The van der Waals surface area contributed by atoms with Crippen molar-refractivity contribution in [3.63, 3.8) is 0 Å². The number of aliphatic hydroxyl groups excluding tert-OH is 1. The maximum atomic E-state index is 10.5. The van der Waals surface area contributed by atoms with Gasteiger partial charge in [0.25, 0.3) is 0 Å². The van der Waals surface area contributed by atoms with E-state index in [0.717, 1.165) is 17.4 Å². The molecule has 0 bridgehead atoms. The van der Waals surface area contributed by atoms with Crippen molar-refractivity contribution in [3.05, 3.63) is 50.2 Å². The number of halogens is 3. The fourth-order valence-electron chi connectivity index (χ4n) is 1.92. The van der Waals surface area contributed by atoms with Gasteiger partial charge in [0.2, 0.25) is 0 Å². The van der Waals surface area contributed by atoms with E-state index >= 15 is 0 Å². The maximum Gasteiger partial charge on any atom is 0.122 e. The largest absolute Gasteiger partial charge is 0.382 e. The van der Waals surface area contributed by atoms with E-state index < -0.39 is 6.10 Å². The quantitative estimate of drug-likeness (QED) is 0.871. The molecule has 1 N–H and O–H groups in total. The van der Waals surface area contributed by atoms with Gasteiger partial charge in [-0.2, -0.15) is 5.10 Å². The van der Waals surface area contributed by atoms with Crippen LogP contribution >= 0.6 is 39.1 Å². The van der Waals surface area contributed by atoms with Crippen molar-refractivity contribution in [2.45, 2.75) is 26.0 Å². The van der Waals surface area contributed by atoms with Gasteiger partial charge in [0.15, 0.2) is 0 Å². The molecule has 0 saturated heterocycles. The summed E-state index contributed by atoms with van der Waals surface area (Å²) in [6.07, 6.45) is 1.80. The predicted molar refractivity (Wildman–Crippen MR) is 80.7 cm³/mol. The van der Waals surface area contributed by atoms with Crippen LogP contribution in [0.2, 0.25) is 10.0 Å².